The number of aryl methyl sites for hydroxylation is 2. The van der Waals surface area contributed by atoms with Gasteiger partial charge in [0.15, 0.2) is 5.82 Å². The van der Waals surface area contributed by atoms with Crippen LogP contribution in [0.5, 0.6) is 0 Å². The molecule has 1 aromatic heterocycles. The van der Waals surface area contributed by atoms with Gasteiger partial charge in [-0.1, -0.05) is 29.8 Å². The lowest BCUT2D eigenvalue weighted by molar-refractivity contribution is -0.192. The van der Waals surface area contributed by atoms with E-state index in [0.29, 0.717) is 12.2 Å². The van der Waals surface area contributed by atoms with Gasteiger partial charge in [-0.3, -0.25) is 24.4 Å². The molecule has 0 spiro atoms. The molecule has 12 nitrogen and oxygen atoms in total. The van der Waals surface area contributed by atoms with Crippen LogP contribution in [0.4, 0.5) is 19.0 Å². The lowest BCUT2D eigenvalue weighted by atomic mass is 10.1. The van der Waals surface area contributed by atoms with Crippen molar-refractivity contribution in [3.8, 4) is 0 Å². The van der Waals surface area contributed by atoms with Gasteiger partial charge >= 0.3 is 12.1 Å². The minimum absolute atomic E-state index is 0.125. The molecule has 0 aliphatic carbocycles. The molecule has 1 aromatic carbocycles. The Morgan fingerprint density at radius 1 is 1.19 bits per heavy atom. The van der Waals surface area contributed by atoms with Crippen molar-refractivity contribution in [2.75, 3.05) is 25.0 Å². The zero-order valence-corrected chi connectivity index (χ0v) is 19.6. The van der Waals surface area contributed by atoms with E-state index in [1.807, 2.05) is 19.1 Å². The summed E-state index contributed by atoms with van der Waals surface area (Å²) in [4.78, 5) is 42.6. The molecule has 1 amide bonds. The maximum atomic E-state index is 12.6. The Morgan fingerprint density at radius 2 is 1.81 bits per heavy atom. The first-order valence-corrected chi connectivity index (χ1v) is 10.5. The number of nitrogens with zero attached hydrogens (tertiary/aromatic N) is 2. The molecule has 0 saturated carbocycles. The molecule has 198 valence electrons. The number of nitrogens with one attached hydrogen (secondary N) is 4. The van der Waals surface area contributed by atoms with Crippen molar-refractivity contribution in [2.45, 2.75) is 33.0 Å². The van der Waals surface area contributed by atoms with E-state index in [0.717, 1.165) is 12.0 Å². The van der Waals surface area contributed by atoms with Crippen LogP contribution in [-0.2, 0) is 27.4 Å². The Morgan fingerprint density at radius 3 is 2.36 bits per heavy atom. The molecule has 2 rings (SSSR count). The zero-order chi connectivity index (χ0) is 27.3. The Hall–Kier alpha value is -4.14. The van der Waals surface area contributed by atoms with E-state index in [1.165, 1.54) is 10.1 Å². The van der Waals surface area contributed by atoms with Crippen LogP contribution in [0.1, 0.15) is 16.8 Å². The van der Waals surface area contributed by atoms with Crippen LogP contribution in [-0.4, -0.2) is 58.4 Å². The Kier molecular flexibility index (Phi) is 11.9. The van der Waals surface area contributed by atoms with Gasteiger partial charge in [0.25, 0.3) is 5.56 Å². The molecule has 0 saturated heterocycles. The number of alkyl halides is 3. The van der Waals surface area contributed by atoms with E-state index in [2.05, 4.69) is 33.2 Å². The summed E-state index contributed by atoms with van der Waals surface area (Å²) in [7, 11) is 0. The van der Waals surface area contributed by atoms with Crippen molar-refractivity contribution in [1.29, 1.82) is 5.41 Å². The zero-order valence-electron chi connectivity index (χ0n) is 19.6. The highest BCUT2D eigenvalue weighted by Gasteiger charge is 2.38. The number of carboxylic acids is 1. The largest absolute Gasteiger partial charge is 0.490 e. The number of benzene rings is 1. The van der Waals surface area contributed by atoms with Crippen molar-refractivity contribution in [2.24, 2.45) is 5.73 Å². The first-order valence-electron chi connectivity index (χ1n) is 10.5. The molecule has 0 unspecified atom stereocenters. The van der Waals surface area contributed by atoms with Crippen LogP contribution >= 0.6 is 0 Å². The number of carbonyl (C=O) groups excluding carboxylic acids is 1. The number of guanidine groups is 1. The summed E-state index contributed by atoms with van der Waals surface area (Å²) in [6, 6.07) is 8.20. The van der Waals surface area contributed by atoms with Gasteiger partial charge in [0.2, 0.25) is 11.9 Å². The number of amides is 1. The van der Waals surface area contributed by atoms with E-state index in [-0.39, 0.29) is 42.9 Å². The molecule has 0 bridgehead atoms. The number of halogens is 3. The molecule has 15 heteroatoms. The van der Waals surface area contributed by atoms with Crippen molar-refractivity contribution >= 4 is 23.7 Å². The van der Waals surface area contributed by atoms with Crippen LogP contribution in [0, 0.1) is 19.3 Å². The van der Waals surface area contributed by atoms with E-state index in [4.69, 9.17) is 25.9 Å². The van der Waals surface area contributed by atoms with Crippen molar-refractivity contribution in [3.05, 3.63) is 57.6 Å². The summed E-state index contributed by atoms with van der Waals surface area (Å²) >= 11 is 0. The molecule has 0 radical (unpaired) electrons. The molecule has 0 aliphatic heterocycles. The highest BCUT2D eigenvalue weighted by atomic mass is 19.4. The van der Waals surface area contributed by atoms with Gasteiger partial charge in [-0.2, -0.15) is 13.2 Å². The van der Waals surface area contributed by atoms with E-state index < -0.39 is 12.1 Å². The van der Waals surface area contributed by atoms with Gasteiger partial charge in [-0.25, -0.2) is 15.3 Å². The van der Waals surface area contributed by atoms with Crippen LogP contribution in [0.25, 0.3) is 0 Å². The third-order valence-electron chi connectivity index (χ3n) is 4.33. The smallest absolute Gasteiger partial charge is 0.475 e. The second-order valence-electron chi connectivity index (χ2n) is 7.32. The second-order valence-corrected chi connectivity index (χ2v) is 7.32. The Bertz CT molecular complexity index is 1090. The van der Waals surface area contributed by atoms with Gasteiger partial charge in [-0.05, 0) is 25.8 Å². The SMILES string of the molecule is Cc1ccc(CCNc2ncc(C)n(CC(=O)NCCONC(=N)N)c2=O)cc1.O=C(O)C(F)(F)F. The highest BCUT2D eigenvalue weighted by molar-refractivity contribution is 5.76. The Labute approximate surface area is 204 Å². The molecule has 1 heterocycles. The lowest BCUT2D eigenvalue weighted by Crippen LogP contribution is -2.37. The molecular weight excluding hydrogens is 487 g/mol. The fourth-order valence-corrected chi connectivity index (χ4v) is 2.54. The van der Waals surface area contributed by atoms with Gasteiger partial charge in [-0.15, -0.1) is 0 Å². The third-order valence-corrected chi connectivity index (χ3v) is 4.33. The average molecular weight is 515 g/mol. The fourth-order valence-electron chi connectivity index (χ4n) is 2.54. The van der Waals surface area contributed by atoms with Gasteiger partial charge < -0.3 is 21.5 Å². The van der Waals surface area contributed by atoms with E-state index in [1.54, 1.807) is 13.1 Å². The Balaban J connectivity index is 0.000000809. The number of hydroxylamine groups is 1. The van der Waals surface area contributed by atoms with Crippen LogP contribution in [0.2, 0.25) is 0 Å². The van der Waals surface area contributed by atoms with Crippen LogP contribution < -0.4 is 27.4 Å². The summed E-state index contributed by atoms with van der Waals surface area (Å²) in [6.45, 7) is 4.52. The number of carboxylic acid groups (broad SMARTS) is 1. The van der Waals surface area contributed by atoms with Crippen molar-refractivity contribution in [3.63, 3.8) is 0 Å². The van der Waals surface area contributed by atoms with E-state index >= 15 is 0 Å². The first-order chi connectivity index (χ1) is 16.8. The maximum Gasteiger partial charge on any atom is 0.490 e. The summed E-state index contributed by atoms with van der Waals surface area (Å²) < 4.78 is 33.1. The number of hydrogen-bond acceptors (Lipinski definition) is 7. The van der Waals surface area contributed by atoms with E-state index in [9.17, 15) is 22.8 Å². The normalized spacial score (nSPS) is 10.6. The summed E-state index contributed by atoms with van der Waals surface area (Å²) in [5.74, 6) is -3.20. The van der Waals surface area contributed by atoms with Crippen molar-refractivity contribution < 1.29 is 32.7 Å². The van der Waals surface area contributed by atoms with Crippen LogP contribution in [0.15, 0.2) is 35.3 Å². The van der Waals surface area contributed by atoms with Gasteiger partial charge in [0.05, 0.1) is 6.61 Å². The average Bonchev–Trinajstić information content (AvgIpc) is 2.79. The molecule has 0 aliphatic rings. The molecule has 0 atom stereocenters. The quantitative estimate of drug-likeness (QED) is 0.115. The third kappa shape index (κ3) is 11.3. The maximum absolute atomic E-state index is 12.6. The number of aromatic nitrogens is 2. The second kappa shape index (κ2) is 14.3. The molecule has 36 heavy (non-hydrogen) atoms. The molecule has 7 N–H and O–H groups in total. The number of aliphatic carboxylic acids is 1. The number of nitrogens with two attached hydrogens (primary N) is 1. The number of rotatable bonds is 10. The summed E-state index contributed by atoms with van der Waals surface area (Å²) in [5.41, 5.74) is 9.83. The van der Waals surface area contributed by atoms with Gasteiger partial charge in [0, 0.05) is 25.0 Å². The number of hydrogen-bond donors (Lipinski definition) is 6. The highest BCUT2D eigenvalue weighted by Crippen LogP contribution is 2.13. The monoisotopic (exact) mass is 515 g/mol. The predicted molar refractivity (Wildman–Crippen MR) is 124 cm³/mol. The minimum atomic E-state index is -5.08. The topological polar surface area (TPSA) is 184 Å². The fraction of sp³-hybridized carbons (Fsp3) is 0.381. The van der Waals surface area contributed by atoms with Gasteiger partial charge in [0.1, 0.15) is 6.54 Å². The summed E-state index contributed by atoms with van der Waals surface area (Å²) in [5, 5.41) is 19.7. The standard InChI is InChI=1S/C19H27N7O3.C2HF3O2/c1-13-3-5-15(6-4-13)7-8-23-17-18(28)26(14(2)11-24-17)12-16(27)22-9-10-29-25-19(20)21;3-2(4,5)1(6)7/h3-6,11H,7-10,12H2,1-2H3,(H,22,27)(H,23,24)(H4,20,21,25);(H,6,7). The molecule has 0 fully saturated rings. The number of carbonyl (C=O) groups is 2. The minimum Gasteiger partial charge on any atom is -0.475 e. The predicted octanol–water partition coefficient (Wildman–Crippen LogP) is 0.679. The van der Waals surface area contributed by atoms with Crippen LogP contribution in [0.3, 0.4) is 0 Å². The van der Waals surface area contributed by atoms with Crippen molar-refractivity contribution in [1.82, 2.24) is 20.3 Å². The summed E-state index contributed by atoms with van der Waals surface area (Å²) in [6.07, 6.45) is -2.77. The molecule has 2 aromatic rings. The number of anilines is 1. The lowest BCUT2D eigenvalue weighted by Gasteiger charge is -2.13. The molecular formula is C21H28F3N7O5. The first kappa shape index (κ1) is 29.9.